The number of fused-ring (bicyclic) bond motifs is 1. The van der Waals surface area contributed by atoms with E-state index < -0.39 is 0 Å². The van der Waals surface area contributed by atoms with Crippen molar-refractivity contribution in [1.82, 2.24) is 0 Å². The van der Waals surface area contributed by atoms with Crippen LogP contribution in [0.3, 0.4) is 0 Å². The van der Waals surface area contributed by atoms with Crippen LogP contribution in [-0.2, 0) is 12.8 Å². The number of hydrogen-bond donors (Lipinski definition) is 0. The van der Waals surface area contributed by atoms with Crippen molar-refractivity contribution >= 4 is 0 Å². The Labute approximate surface area is 119 Å². The summed E-state index contributed by atoms with van der Waals surface area (Å²) in [4.78, 5) is 0. The Morgan fingerprint density at radius 3 is 2.75 bits per heavy atom. The molecule has 0 spiro atoms. The standard InChI is InChI=1S/C17H18O3/c1-18-14-8-7-13-10-15(20-17(13)11-14)9-12-5-3-4-6-16(12)19-2/h3-8,11,15H,9-10H2,1-2H3. The van der Waals surface area contributed by atoms with Gasteiger partial charge in [-0.05, 0) is 23.3 Å². The van der Waals surface area contributed by atoms with Gasteiger partial charge in [0.25, 0.3) is 0 Å². The lowest BCUT2D eigenvalue weighted by atomic mass is 10.0. The van der Waals surface area contributed by atoms with Gasteiger partial charge in [0.05, 0.1) is 14.2 Å². The van der Waals surface area contributed by atoms with Crippen LogP contribution in [0.5, 0.6) is 17.2 Å². The molecule has 0 saturated carbocycles. The van der Waals surface area contributed by atoms with Gasteiger partial charge < -0.3 is 14.2 Å². The van der Waals surface area contributed by atoms with Gasteiger partial charge in [-0.15, -0.1) is 0 Å². The highest BCUT2D eigenvalue weighted by atomic mass is 16.5. The van der Waals surface area contributed by atoms with Crippen LogP contribution in [0.2, 0.25) is 0 Å². The summed E-state index contributed by atoms with van der Waals surface area (Å²) in [5.74, 6) is 2.69. The van der Waals surface area contributed by atoms with E-state index in [1.807, 2.05) is 30.3 Å². The highest BCUT2D eigenvalue weighted by Gasteiger charge is 2.24. The van der Waals surface area contributed by atoms with Crippen molar-refractivity contribution in [2.24, 2.45) is 0 Å². The van der Waals surface area contributed by atoms with Crippen molar-refractivity contribution in [1.29, 1.82) is 0 Å². The number of benzene rings is 2. The van der Waals surface area contributed by atoms with Crippen LogP contribution in [0.4, 0.5) is 0 Å². The van der Waals surface area contributed by atoms with E-state index in [1.165, 1.54) is 11.1 Å². The number of para-hydroxylation sites is 1. The van der Waals surface area contributed by atoms with Crippen molar-refractivity contribution < 1.29 is 14.2 Å². The van der Waals surface area contributed by atoms with Gasteiger partial charge in [-0.2, -0.15) is 0 Å². The van der Waals surface area contributed by atoms with E-state index in [2.05, 4.69) is 12.1 Å². The van der Waals surface area contributed by atoms with Crippen LogP contribution >= 0.6 is 0 Å². The molecule has 0 saturated heterocycles. The molecule has 20 heavy (non-hydrogen) atoms. The highest BCUT2D eigenvalue weighted by Crippen LogP contribution is 2.34. The maximum Gasteiger partial charge on any atom is 0.126 e. The van der Waals surface area contributed by atoms with Gasteiger partial charge in [0.1, 0.15) is 23.4 Å². The van der Waals surface area contributed by atoms with Crippen molar-refractivity contribution in [3.8, 4) is 17.2 Å². The monoisotopic (exact) mass is 270 g/mol. The fourth-order valence-electron chi connectivity index (χ4n) is 2.64. The molecule has 1 aliphatic rings. The van der Waals surface area contributed by atoms with Crippen LogP contribution in [0.15, 0.2) is 42.5 Å². The van der Waals surface area contributed by atoms with E-state index in [1.54, 1.807) is 14.2 Å². The van der Waals surface area contributed by atoms with Gasteiger partial charge in [0.15, 0.2) is 0 Å². The normalized spacial score (nSPS) is 16.4. The zero-order valence-electron chi connectivity index (χ0n) is 11.8. The fourth-order valence-corrected chi connectivity index (χ4v) is 2.64. The molecular formula is C17H18O3. The fraction of sp³-hybridized carbons (Fsp3) is 0.294. The molecule has 3 heteroatoms. The third-order valence-corrected chi connectivity index (χ3v) is 3.66. The van der Waals surface area contributed by atoms with Crippen molar-refractivity contribution in [3.05, 3.63) is 53.6 Å². The molecule has 3 rings (SSSR count). The van der Waals surface area contributed by atoms with Crippen LogP contribution in [0, 0.1) is 0 Å². The molecule has 1 heterocycles. The topological polar surface area (TPSA) is 27.7 Å². The SMILES string of the molecule is COc1ccc2c(c1)OC(Cc1ccccc1OC)C2. The summed E-state index contributed by atoms with van der Waals surface area (Å²) >= 11 is 0. The van der Waals surface area contributed by atoms with Crippen LogP contribution in [0.1, 0.15) is 11.1 Å². The molecule has 1 aliphatic heterocycles. The summed E-state index contributed by atoms with van der Waals surface area (Å²) in [6, 6.07) is 14.1. The van der Waals surface area contributed by atoms with E-state index in [0.717, 1.165) is 30.1 Å². The Morgan fingerprint density at radius 1 is 1.10 bits per heavy atom. The summed E-state index contributed by atoms with van der Waals surface area (Å²) in [6.45, 7) is 0. The van der Waals surface area contributed by atoms with Crippen LogP contribution in [-0.4, -0.2) is 20.3 Å². The van der Waals surface area contributed by atoms with Gasteiger partial charge in [0, 0.05) is 18.9 Å². The largest absolute Gasteiger partial charge is 0.497 e. The van der Waals surface area contributed by atoms with Gasteiger partial charge in [-0.1, -0.05) is 24.3 Å². The molecule has 1 atom stereocenters. The second-order valence-corrected chi connectivity index (χ2v) is 4.93. The zero-order chi connectivity index (χ0) is 13.9. The average Bonchev–Trinajstić information content (AvgIpc) is 2.89. The molecule has 0 bridgehead atoms. The lowest BCUT2D eigenvalue weighted by Crippen LogP contribution is -2.16. The van der Waals surface area contributed by atoms with Crippen LogP contribution < -0.4 is 14.2 Å². The van der Waals surface area contributed by atoms with Crippen molar-refractivity contribution in [3.63, 3.8) is 0 Å². The molecule has 3 nitrogen and oxygen atoms in total. The lowest BCUT2D eigenvalue weighted by molar-refractivity contribution is 0.231. The molecule has 0 N–H and O–H groups in total. The summed E-state index contributed by atoms with van der Waals surface area (Å²) in [5.41, 5.74) is 2.42. The Hall–Kier alpha value is -2.16. The van der Waals surface area contributed by atoms with Crippen molar-refractivity contribution in [2.75, 3.05) is 14.2 Å². The second-order valence-electron chi connectivity index (χ2n) is 4.93. The zero-order valence-corrected chi connectivity index (χ0v) is 11.8. The molecule has 0 fully saturated rings. The van der Waals surface area contributed by atoms with E-state index in [0.29, 0.717) is 0 Å². The molecule has 2 aromatic rings. The third kappa shape index (κ3) is 2.44. The predicted molar refractivity (Wildman–Crippen MR) is 77.8 cm³/mol. The molecule has 0 radical (unpaired) electrons. The maximum atomic E-state index is 6.02. The predicted octanol–water partition coefficient (Wildman–Crippen LogP) is 3.25. The Balaban J connectivity index is 1.75. The third-order valence-electron chi connectivity index (χ3n) is 3.66. The van der Waals surface area contributed by atoms with Gasteiger partial charge >= 0.3 is 0 Å². The Morgan fingerprint density at radius 2 is 1.95 bits per heavy atom. The molecule has 0 aromatic heterocycles. The molecule has 104 valence electrons. The molecule has 0 aliphatic carbocycles. The molecule has 0 amide bonds. The summed E-state index contributed by atoms with van der Waals surface area (Å²) in [6.07, 6.45) is 1.94. The molecule has 1 unspecified atom stereocenters. The minimum atomic E-state index is 0.161. The van der Waals surface area contributed by atoms with Gasteiger partial charge in [0.2, 0.25) is 0 Å². The summed E-state index contributed by atoms with van der Waals surface area (Å²) in [7, 11) is 3.37. The van der Waals surface area contributed by atoms with Gasteiger partial charge in [-0.3, -0.25) is 0 Å². The van der Waals surface area contributed by atoms with E-state index in [-0.39, 0.29) is 6.10 Å². The highest BCUT2D eigenvalue weighted by molar-refractivity contribution is 5.44. The first-order valence-corrected chi connectivity index (χ1v) is 6.75. The quantitative estimate of drug-likeness (QED) is 0.853. The number of hydrogen-bond acceptors (Lipinski definition) is 3. The first-order valence-electron chi connectivity index (χ1n) is 6.75. The minimum absolute atomic E-state index is 0.161. The molecular weight excluding hydrogens is 252 g/mol. The lowest BCUT2D eigenvalue weighted by Gasteiger charge is -2.13. The van der Waals surface area contributed by atoms with Crippen LogP contribution in [0.25, 0.3) is 0 Å². The van der Waals surface area contributed by atoms with Gasteiger partial charge in [-0.25, -0.2) is 0 Å². The average molecular weight is 270 g/mol. The maximum absolute atomic E-state index is 6.02. The summed E-state index contributed by atoms with van der Waals surface area (Å²) in [5, 5.41) is 0. The smallest absolute Gasteiger partial charge is 0.126 e. The Kier molecular flexibility index (Phi) is 3.50. The van der Waals surface area contributed by atoms with E-state index in [4.69, 9.17) is 14.2 Å². The number of methoxy groups -OCH3 is 2. The minimum Gasteiger partial charge on any atom is -0.497 e. The first-order chi connectivity index (χ1) is 9.80. The first kappa shape index (κ1) is 12.9. The summed E-state index contributed by atoms with van der Waals surface area (Å²) < 4.78 is 16.6. The van der Waals surface area contributed by atoms with Crippen molar-refractivity contribution in [2.45, 2.75) is 18.9 Å². The van der Waals surface area contributed by atoms with E-state index >= 15 is 0 Å². The second kappa shape index (κ2) is 5.45. The Bertz CT molecular complexity index is 607. The van der Waals surface area contributed by atoms with E-state index in [9.17, 15) is 0 Å². The number of rotatable bonds is 4. The number of ether oxygens (including phenoxy) is 3. The molecule has 2 aromatic carbocycles.